The van der Waals surface area contributed by atoms with Crippen LogP contribution in [0.1, 0.15) is 6.92 Å². The average molecular weight is 258 g/mol. The van der Waals surface area contributed by atoms with Crippen molar-refractivity contribution in [2.45, 2.75) is 6.92 Å². The maximum atomic E-state index is 5.59. The highest BCUT2D eigenvalue weighted by Gasteiger charge is 1.97. The molecule has 0 fully saturated rings. The van der Waals surface area contributed by atoms with E-state index in [0.29, 0.717) is 13.2 Å². The van der Waals surface area contributed by atoms with E-state index in [0.717, 1.165) is 23.7 Å². The molecule has 4 heteroatoms. The topological polar surface area (TPSA) is 43.4 Å². The molecular formula is C15H18N2O2. The van der Waals surface area contributed by atoms with Crippen molar-refractivity contribution >= 4 is 5.69 Å². The molecule has 0 aliphatic carbocycles. The second kappa shape index (κ2) is 7.26. The van der Waals surface area contributed by atoms with Crippen LogP contribution in [0.5, 0.6) is 11.5 Å². The first-order chi connectivity index (χ1) is 9.38. The van der Waals surface area contributed by atoms with Gasteiger partial charge in [0.2, 0.25) is 0 Å². The van der Waals surface area contributed by atoms with Crippen LogP contribution in [0.3, 0.4) is 0 Å². The maximum absolute atomic E-state index is 5.59. The van der Waals surface area contributed by atoms with Crippen LogP contribution in [0.4, 0.5) is 5.69 Å². The lowest BCUT2D eigenvalue weighted by molar-refractivity contribution is 0.217. The summed E-state index contributed by atoms with van der Waals surface area (Å²) < 4.78 is 11.1. The van der Waals surface area contributed by atoms with Gasteiger partial charge in [0.1, 0.15) is 24.7 Å². The molecule has 0 atom stereocenters. The molecule has 0 unspecified atom stereocenters. The Balaban J connectivity index is 1.75. The van der Waals surface area contributed by atoms with Crippen molar-refractivity contribution in [2.24, 2.45) is 0 Å². The van der Waals surface area contributed by atoms with Crippen molar-refractivity contribution in [1.29, 1.82) is 0 Å². The predicted molar refractivity (Wildman–Crippen MR) is 75.8 cm³/mol. The number of nitrogens with zero attached hydrogens (tertiary/aromatic N) is 1. The van der Waals surface area contributed by atoms with Gasteiger partial charge >= 0.3 is 0 Å². The normalized spacial score (nSPS) is 9.95. The van der Waals surface area contributed by atoms with E-state index in [4.69, 9.17) is 9.47 Å². The Hall–Kier alpha value is -2.23. The van der Waals surface area contributed by atoms with E-state index in [1.807, 2.05) is 43.3 Å². The summed E-state index contributed by atoms with van der Waals surface area (Å²) in [5, 5.41) is 3.19. The number of pyridine rings is 1. The zero-order valence-corrected chi connectivity index (χ0v) is 11.0. The van der Waals surface area contributed by atoms with Gasteiger partial charge in [0.15, 0.2) is 0 Å². The standard InChI is InChI=1S/C15H18N2O2/c1-2-17-13-10-15(12-16-11-13)19-9-8-18-14-6-4-3-5-7-14/h3-7,10-12,17H,2,8-9H2,1H3. The van der Waals surface area contributed by atoms with Crippen molar-refractivity contribution < 1.29 is 9.47 Å². The number of aromatic nitrogens is 1. The van der Waals surface area contributed by atoms with Crippen molar-refractivity contribution in [3.8, 4) is 11.5 Å². The Labute approximate surface area is 113 Å². The van der Waals surface area contributed by atoms with E-state index in [1.54, 1.807) is 12.4 Å². The fourth-order valence-electron chi connectivity index (χ4n) is 1.63. The number of benzene rings is 1. The fraction of sp³-hybridized carbons (Fsp3) is 0.267. The molecule has 0 bridgehead atoms. The molecule has 0 saturated heterocycles. The molecule has 100 valence electrons. The van der Waals surface area contributed by atoms with Gasteiger partial charge in [-0.2, -0.15) is 0 Å². The molecule has 1 aromatic heterocycles. The highest BCUT2D eigenvalue weighted by atomic mass is 16.5. The minimum absolute atomic E-state index is 0.492. The van der Waals surface area contributed by atoms with Crippen LogP contribution < -0.4 is 14.8 Å². The van der Waals surface area contributed by atoms with Crippen molar-refractivity contribution in [1.82, 2.24) is 4.98 Å². The van der Waals surface area contributed by atoms with Gasteiger partial charge in [0, 0.05) is 12.6 Å². The average Bonchev–Trinajstić information content (AvgIpc) is 2.46. The van der Waals surface area contributed by atoms with Crippen LogP contribution in [0, 0.1) is 0 Å². The second-order valence-electron chi connectivity index (χ2n) is 3.95. The van der Waals surface area contributed by atoms with Gasteiger partial charge in [-0.15, -0.1) is 0 Å². The van der Waals surface area contributed by atoms with E-state index < -0.39 is 0 Å². The first-order valence-electron chi connectivity index (χ1n) is 6.38. The van der Waals surface area contributed by atoms with Crippen LogP contribution in [-0.4, -0.2) is 24.7 Å². The molecule has 1 N–H and O–H groups in total. The van der Waals surface area contributed by atoms with Gasteiger partial charge in [0.25, 0.3) is 0 Å². The lowest BCUT2D eigenvalue weighted by Crippen LogP contribution is -2.09. The van der Waals surface area contributed by atoms with Gasteiger partial charge in [-0.1, -0.05) is 18.2 Å². The third-order valence-corrected chi connectivity index (χ3v) is 2.46. The SMILES string of the molecule is CCNc1cncc(OCCOc2ccccc2)c1. The van der Waals surface area contributed by atoms with Gasteiger partial charge < -0.3 is 14.8 Å². The Morgan fingerprint density at radius 1 is 1.00 bits per heavy atom. The Morgan fingerprint density at radius 2 is 1.74 bits per heavy atom. The Bertz CT molecular complexity index is 489. The highest BCUT2D eigenvalue weighted by molar-refractivity contribution is 5.44. The lowest BCUT2D eigenvalue weighted by Gasteiger charge is -2.09. The summed E-state index contributed by atoms with van der Waals surface area (Å²) in [4.78, 5) is 4.11. The number of nitrogens with one attached hydrogen (secondary N) is 1. The number of hydrogen-bond acceptors (Lipinski definition) is 4. The van der Waals surface area contributed by atoms with Crippen molar-refractivity contribution in [3.05, 3.63) is 48.8 Å². The largest absolute Gasteiger partial charge is 0.490 e. The van der Waals surface area contributed by atoms with E-state index in [-0.39, 0.29) is 0 Å². The van der Waals surface area contributed by atoms with Crippen LogP contribution in [0.2, 0.25) is 0 Å². The summed E-state index contributed by atoms with van der Waals surface area (Å²) in [6, 6.07) is 11.6. The number of ether oxygens (including phenoxy) is 2. The quantitative estimate of drug-likeness (QED) is 0.775. The molecule has 0 aliphatic rings. The van der Waals surface area contributed by atoms with Crippen LogP contribution in [0.25, 0.3) is 0 Å². The summed E-state index contributed by atoms with van der Waals surface area (Å²) >= 11 is 0. The molecule has 0 spiro atoms. The molecule has 19 heavy (non-hydrogen) atoms. The summed E-state index contributed by atoms with van der Waals surface area (Å²) in [6.45, 7) is 3.91. The maximum Gasteiger partial charge on any atom is 0.139 e. The van der Waals surface area contributed by atoms with E-state index in [1.165, 1.54) is 0 Å². The second-order valence-corrected chi connectivity index (χ2v) is 3.95. The van der Waals surface area contributed by atoms with Gasteiger partial charge in [-0.3, -0.25) is 4.98 Å². The lowest BCUT2D eigenvalue weighted by atomic mass is 10.3. The highest BCUT2D eigenvalue weighted by Crippen LogP contribution is 2.15. The summed E-state index contributed by atoms with van der Waals surface area (Å²) in [6.07, 6.45) is 3.47. The minimum Gasteiger partial charge on any atom is -0.490 e. The Morgan fingerprint density at radius 3 is 2.47 bits per heavy atom. The number of rotatable bonds is 7. The molecular weight excluding hydrogens is 240 g/mol. The third kappa shape index (κ3) is 4.50. The number of para-hydroxylation sites is 1. The molecule has 0 aliphatic heterocycles. The van der Waals surface area contributed by atoms with E-state index >= 15 is 0 Å². The first kappa shape index (κ1) is 13.2. The zero-order valence-electron chi connectivity index (χ0n) is 11.0. The van der Waals surface area contributed by atoms with Crippen LogP contribution in [-0.2, 0) is 0 Å². The van der Waals surface area contributed by atoms with Gasteiger partial charge in [0.05, 0.1) is 18.1 Å². The predicted octanol–water partition coefficient (Wildman–Crippen LogP) is 2.97. The minimum atomic E-state index is 0.492. The molecule has 2 aromatic rings. The number of hydrogen-bond donors (Lipinski definition) is 1. The molecule has 0 amide bonds. The molecule has 0 radical (unpaired) electrons. The zero-order chi connectivity index (χ0) is 13.3. The molecule has 2 rings (SSSR count). The monoisotopic (exact) mass is 258 g/mol. The van der Waals surface area contributed by atoms with Crippen molar-refractivity contribution in [2.75, 3.05) is 25.1 Å². The fourth-order valence-corrected chi connectivity index (χ4v) is 1.63. The van der Waals surface area contributed by atoms with Crippen molar-refractivity contribution in [3.63, 3.8) is 0 Å². The third-order valence-electron chi connectivity index (χ3n) is 2.46. The van der Waals surface area contributed by atoms with E-state index in [9.17, 15) is 0 Å². The summed E-state index contributed by atoms with van der Waals surface area (Å²) in [5.74, 6) is 1.60. The molecule has 1 aromatic carbocycles. The summed E-state index contributed by atoms with van der Waals surface area (Å²) in [5.41, 5.74) is 0.962. The van der Waals surface area contributed by atoms with Crippen LogP contribution in [0.15, 0.2) is 48.8 Å². The number of anilines is 1. The van der Waals surface area contributed by atoms with E-state index in [2.05, 4.69) is 10.3 Å². The molecule has 1 heterocycles. The smallest absolute Gasteiger partial charge is 0.139 e. The first-order valence-corrected chi connectivity index (χ1v) is 6.38. The molecule has 0 saturated carbocycles. The van der Waals surface area contributed by atoms with Gasteiger partial charge in [-0.05, 0) is 19.1 Å². The molecule has 4 nitrogen and oxygen atoms in total. The van der Waals surface area contributed by atoms with Gasteiger partial charge in [-0.25, -0.2) is 0 Å². The Kier molecular flexibility index (Phi) is 5.05. The summed E-state index contributed by atoms with van der Waals surface area (Å²) in [7, 11) is 0. The van der Waals surface area contributed by atoms with Crippen LogP contribution >= 0.6 is 0 Å².